The van der Waals surface area contributed by atoms with E-state index in [1.54, 1.807) is 0 Å². The number of thioether (sulfide) groups is 2. The lowest BCUT2D eigenvalue weighted by atomic mass is 10.0. The zero-order valence-electron chi connectivity index (χ0n) is 14.3. The van der Waals surface area contributed by atoms with E-state index in [1.807, 2.05) is 35.7 Å². The first-order valence-corrected chi connectivity index (χ1v) is 9.71. The zero-order chi connectivity index (χ0) is 17.0. The van der Waals surface area contributed by atoms with Gasteiger partial charge in [-0.15, -0.1) is 23.5 Å². The molecule has 2 rings (SSSR count). The van der Waals surface area contributed by atoms with Gasteiger partial charge in [0, 0.05) is 31.7 Å². The maximum absolute atomic E-state index is 5.98. The molecule has 0 aromatic heterocycles. The van der Waals surface area contributed by atoms with Gasteiger partial charge in [-0.3, -0.25) is 0 Å². The van der Waals surface area contributed by atoms with Gasteiger partial charge in [-0.05, 0) is 41.8 Å². The molecule has 0 aliphatic rings. The van der Waals surface area contributed by atoms with Crippen molar-refractivity contribution in [2.24, 2.45) is 0 Å². The molecule has 0 radical (unpaired) electrons. The van der Waals surface area contributed by atoms with Crippen molar-refractivity contribution in [3.05, 3.63) is 47.5 Å². The van der Waals surface area contributed by atoms with Gasteiger partial charge in [0.1, 0.15) is 0 Å². The minimum atomic E-state index is 0.534. The minimum Gasteiger partial charge on any atom is -0.399 e. The topological polar surface area (TPSA) is 52.0 Å². The molecule has 4 heteroatoms. The number of hydrogen-bond donors (Lipinski definition) is 2. The molecular weight excluding hydrogens is 320 g/mol. The normalized spacial score (nSPS) is 11.4. The number of hydrogen-bond acceptors (Lipinski definition) is 4. The molecule has 2 aromatic rings. The van der Waals surface area contributed by atoms with Crippen LogP contribution in [0.2, 0.25) is 0 Å². The van der Waals surface area contributed by atoms with Crippen LogP contribution in [0.5, 0.6) is 0 Å². The fraction of sp³-hybridized carbons (Fsp3) is 0.368. The van der Waals surface area contributed by atoms with E-state index in [0.29, 0.717) is 10.5 Å². The zero-order valence-corrected chi connectivity index (χ0v) is 15.9. The third kappa shape index (κ3) is 5.40. The van der Waals surface area contributed by atoms with Gasteiger partial charge in [0.2, 0.25) is 0 Å². The summed E-state index contributed by atoms with van der Waals surface area (Å²) in [5.41, 5.74) is 16.3. The second kappa shape index (κ2) is 8.02. The Morgan fingerprint density at radius 3 is 1.48 bits per heavy atom. The minimum absolute atomic E-state index is 0.534. The van der Waals surface area contributed by atoms with Gasteiger partial charge in [-0.1, -0.05) is 39.8 Å². The quantitative estimate of drug-likeness (QED) is 0.540. The molecule has 0 heterocycles. The number of benzene rings is 2. The summed E-state index contributed by atoms with van der Waals surface area (Å²) in [6, 6.07) is 12.5. The highest BCUT2D eigenvalue weighted by Crippen LogP contribution is 2.34. The summed E-state index contributed by atoms with van der Waals surface area (Å²) in [5.74, 6) is 0. The van der Waals surface area contributed by atoms with Crippen molar-refractivity contribution in [1.82, 2.24) is 0 Å². The average Bonchev–Trinajstić information content (AvgIpc) is 2.43. The molecular formula is C19H26N2S2. The summed E-state index contributed by atoms with van der Waals surface area (Å²) in [6.07, 6.45) is 0.907. The Morgan fingerprint density at radius 2 is 1.13 bits per heavy atom. The van der Waals surface area contributed by atoms with Gasteiger partial charge in [0.05, 0.1) is 0 Å². The summed E-state index contributed by atoms with van der Waals surface area (Å²) < 4.78 is 0. The van der Waals surface area contributed by atoms with Crippen LogP contribution in [0.1, 0.15) is 38.8 Å². The summed E-state index contributed by atoms with van der Waals surface area (Å²) in [4.78, 5) is 2.55. The molecule has 0 amide bonds. The molecule has 0 bridgehead atoms. The Morgan fingerprint density at radius 1 is 0.739 bits per heavy atom. The number of rotatable bonds is 6. The molecule has 0 aliphatic carbocycles. The van der Waals surface area contributed by atoms with E-state index < -0.39 is 0 Å². The van der Waals surface area contributed by atoms with Crippen LogP contribution < -0.4 is 11.5 Å². The Hall–Kier alpha value is -1.26. The van der Waals surface area contributed by atoms with Crippen LogP contribution >= 0.6 is 23.5 Å². The van der Waals surface area contributed by atoms with E-state index in [9.17, 15) is 0 Å². The molecule has 0 atom stereocenters. The number of nitrogen functional groups attached to an aromatic ring is 2. The van der Waals surface area contributed by atoms with Gasteiger partial charge in [0.15, 0.2) is 0 Å². The standard InChI is InChI=1S/C19H26N2S2/c1-12(2)22-18-10-16(20)7-5-14(18)9-15-6-8-17(21)11-19(15)23-13(3)4/h5-8,10-13H,9,20-21H2,1-4H3. The monoisotopic (exact) mass is 346 g/mol. The molecule has 0 aliphatic heterocycles. The maximum Gasteiger partial charge on any atom is 0.0325 e. The second-order valence-corrected chi connectivity index (χ2v) is 9.48. The summed E-state index contributed by atoms with van der Waals surface area (Å²) in [7, 11) is 0. The summed E-state index contributed by atoms with van der Waals surface area (Å²) in [5, 5.41) is 1.07. The van der Waals surface area contributed by atoms with Crippen LogP contribution in [0.25, 0.3) is 0 Å². The van der Waals surface area contributed by atoms with Crippen LogP contribution in [0.3, 0.4) is 0 Å². The van der Waals surface area contributed by atoms with Crippen LogP contribution in [-0.4, -0.2) is 10.5 Å². The smallest absolute Gasteiger partial charge is 0.0325 e. The van der Waals surface area contributed by atoms with Crippen LogP contribution in [-0.2, 0) is 6.42 Å². The van der Waals surface area contributed by atoms with Gasteiger partial charge < -0.3 is 11.5 Å². The highest BCUT2D eigenvalue weighted by Gasteiger charge is 2.11. The van der Waals surface area contributed by atoms with E-state index in [0.717, 1.165) is 17.8 Å². The first-order valence-electron chi connectivity index (χ1n) is 7.95. The Balaban J connectivity index is 2.35. The van der Waals surface area contributed by atoms with Crippen molar-refractivity contribution in [2.75, 3.05) is 11.5 Å². The molecule has 0 spiro atoms. The predicted octanol–water partition coefficient (Wildman–Crippen LogP) is 5.44. The average molecular weight is 347 g/mol. The van der Waals surface area contributed by atoms with Crippen molar-refractivity contribution >= 4 is 34.9 Å². The van der Waals surface area contributed by atoms with Crippen LogP contribution in [0.15, 0.2) is 46.2 Å². The fourth-order valence-corrected chi connectivity index (χ4v) is 4.37. The lowest BCUT2D eigenvalue weighted by Crippen LogP contribution is -1.99. The molecule has 0 saturated heterocycles. The summed E-state index contributed by atoms with van der Waals surface area (Å²) >= 11 is 3.74. The SMILES string of the molecule is CC(C)Sc1cc(N)ccc1Cc1ccc(N)cc1SC(C)C. The molecule has 0 unspecified atom stereocenters. The van der Waals surface area contributed by atoms with Gasteiger partial charge in [-0.2, -0.15) is 0 Å². The van der Waals surface area contributed by atoms with Crippen molar-refractivity contribution in [1.29, 1.82) is 0 Å². The van der Waals surface area contributed by atoms with Crippen LogP contribution in [0.4, 0.5) is 11.4 Å². The lowest BCUT2D eigenvalue weighted by Gasteiger charge is -2.16. The van der Waals surface area contributed by atoms with Gasteiger partial charge in [0.25, 0.3) is 0 Å². The second-order valence-electron chi connectivity index (χ2n) is 6.24. The highest BCUT2D eigenvalue weighted by atomic mass is 32.2. The van der Waals surface area contributed by atoms with Gasteiger partial charge >= 0.3 is 0 Å². The van der Waals surface area contributed by atoms with Gasteiger partial charge in [-0.25, -0.2) is 0 Å². The third-order valence-electron chi connectivity index (χ3n) is 3.29. The van der Waals surface area contributed by atoms with Crippen molar-refractivity contribution in [2.45, 2.75) is 54.4 Å². The first-order chi connectivity index (χ1) is 10.8. The van der Waals surface area contributed by atoms with E-state index in [4.69, 9.17) is 11.5 Å². The number of anilines is 2. The molecule has 23 heavy (non-hydrogen) atoms. The van der Waals surface area contributed by atoms with Crippen molar-refractivity contribution in [3.63, 3.8) is 0 Å². The molecule has 0 saturated carbocycles. The van der Waals surface area contributed by atoms with E-state index in [1.165, 1.54) is 20.9 Å². The van der Waals surface area contributed by atoms with E-state index in [2.05, 4.69) is 52.0 Å². The molecule has 2 nitrogen and oxygen atoms in total. The Bertz CT molecular complexity index is 609. The summed E-state index contributed by atoms with van der Waals surface area (Å²) in [6.45, 7) is 8.84. The molecule has 124 valence electrons. The van der Waals surface area contributed by atoms with E-state index in [-0.39, 0.29) is 0 Å². The van der Waals surface area contributed by atoms with Crippen LogP contribution in [0, 0.1) is 0 Å². The first kappa shape index (κ1) is 18.1. The molecule has 2 aromatic carbocycles. The lowest BCUT2D eigenvalue weighted by molar-refractivity contribution is 1.05. The maximum atomic E-state index is 5.98. The van der Waals surface area contributed by atoms with Crippen molar-refractivity contribution in [3.8, 4) is 0 Å². The van der Waals surface area contributed by atoms with E-state index >= 15 is 0 Å². The fourth-order valence-electron chi connectivity index (χ4n) is 2.37. The third-order valence-corrected chi connectivity index (χ3v) is 5.50. The highest BCUT2D eigenvalue weighted by molar-refractivity contribution is 8.00. The Labute approximate surface area is 148 Å². The number of nitrogens with two attached hydrogens (primary N) is 2. The Kier molecular flexibility index (Phi) is 6.31. The van der Waals surface area contributed by atoms with Crippen molar-refractivity contribution < 1.29 is 0 Å². The largest absolute Gasteiger partial charge is 0.399 e. The predicted molar refractivity (Wildman–Crippen MR) is 107 cm³/mol. The molecule has 4 N–H and O–H groups in total. The molecule has 0 fully saturated rings.